The Morgan fingerprint density at radius 3 is 1.48 bits per heavy atom. The molecule has 1 fully saturated rings. The van der Waals surface area contributed by atoms with Gasteiger partial charge in [0.15, 0.2) is 0 Å². The Labute approximate surface area is 335 Å². The van der Waals surface area contributed by atoms with Crippen LogP contribution in [-0.2, 0) is 5.41 Å². The first-order valence-corrected chi connectivity index (χ1v) is 23.6. The van der Waals surface area contributed by atoms with Crippen LogP contribution in [0.3, 0.4) is 0 Å². The number of nitrogens with zero attached hydrogens (tertiary/aromatic N) is 2. The molecule has 7 aromatic rings. The predicted octanol–water partition coefficient (Wildman–Crippen LogP) is 13.8. The highest BCUT2D eigenvalue weighted by Crippen LogP contribution is 2.43. The fourth-order valence-corrected chi connectivity index (χ4v) is 13.0. The van der Waals surface area contributed by atoms with Gasteiger partial charge in [0, 0.05) is 39.5 Å². The van der Waals surface area contributed by atoms with Crippen LogP contribution in [0, 0.1) is 0 Å². The molecule has 1 aliphatic heterocycles. The van der Waals surface area contributed by atoms with Crippen molar-refractivity contribution >= 4 is 52.6 Å². The van der Waals surface area contributed by atoms with E-state index in [1.54, 1.807) is 0 Å². The van der Waals surface area contributed by atoms with Crippen molar-refractivity contribution in [1.82, 2.24) is 0 Å². The van der Waals surface area contributed by atoms with Gasteiger partial charge in [0.2, 0.25) is 0 Å². The molecule has 0 bridgehead atoms. The SMILES string of the molecule is CC(C)(c1ccc(N(c2ccccc2)c2ccccc2)cc1)c1ccc(N(c2ccc(C3CCCCC3)cc2)c2cccc3c2[Si](C)(C)c2ccccc2-3)cc1. The van der Waals surface area contributed by atoms with Gasteiger partial charge in [-0.15, -0.1) is 0 Å². The highest BCUT2D eigenvalue weighted by molar-refractivity contribution is 7.04. The van der Waals surface area contributed by atoms with Crippen molar-refractivity contribution in [1.29, 1.82) is 0 Å². The van der Waals surface area contributed by atoms with Crippen LogP contribution in [0.5, 0.6) is 0 Å². The molecule has 1 saturated carbocycles. The Balaban J connectivity index is 1.08. The molecule has 0 radical (unpaired) electrons. The molecular weight excluding hydrogens is 693 g/mol. The molecule has 0 saturated heterocycles. The molecular formula is C53H52N2Si. The highest BCUT2D eigenvalue weighted by atomic mass is 28.3. The van der Waals surface area contributed by atoms with Gasteiger partial charge in [0.05, 0.1) is 0 Å². The van der Waals surface area contributed by atoms with E-state index < -0.39 is 8.07 Å². The van der Waals surface area contributed by atoms with Crippen LogP contribution >= 0.6 is 0 Å². The molecule has 3 heteroatoms. The Kier molecular flexibility index (Phi) is 9.51. The summed E-state index contributed by atoms with van der Waals surface area (Å²) in [5.74, 6) is 0.684. The molecule has 0 atom stereocenters. The molecule has 0 spiro atoms. The molecule has 56 heavy (non-hydrogen) atoms. The zero-order valence-electron chi connectivity index (χ0n) is 33.3. The Morgan fingerprint density at radius 2 is 0.911 bits per heavy atom. The lowest BCUT2D eigenvalue weighted by atomic mass is 9.78. The summed E-state index contributed by atoms with van der Waals surface area (Å²) >= 11 is 0. The normalized spacial score (nSPS) is 14.9. The first-order chi connectivity index (χ1) is 27.3. The van der Waals surface area contributed by atoms with E-state index in [0.29, 0.717) is 5.92 Å². The van der Waals surface area contributed by atoms with E-state index in [1.807, 2.05) is 0 Å². The maximum Gasteiger partial charge on any atom is 0.116 e. The van der Waals surface area contributed by atoms with Crippen molar-refractivity contribution in [2.75, 3.05) is 9.80 Å². The number of benzene rings is 7. The molecule has 1 aliphatic carbocycles. The van der Waals surface area contributed by atoms with E-state index >= 15 is 0 Å². The van der Waals surface area contributed by atoms with Crippen molar-refractivity contribution in [3.8, 4) is 11.1 Å². The van der Waals surface area contributed by atoms with Gasteiger partial charge in [-0.3, -0.25) is 0 Å². The van der Waals surface area contributed by atoms with Gasteiger partial charge in [-0.2, -0.15) is 0 Å². The largest absolute Gasteiger partial charge is 0.311 e. The molecule has 7 aromatic carbocycles. The maximum absolute atomic E-state index is 2.54. The molecule has 0 unspecified atom stereocenters. The number of anilines is 6. The van der Waals surface area contributed by atoms with E-state index in [0.717, 1.165) is 17.1 Å². The number of fused-ring (bicyclic) bond motifs is 3. The van der Waals surface area contributed by atoms with Crippen molar-refractivity contribution in [3.05, 3.63) is 193 Å². The zero-order chi connectivity index (χ0) is 38.3. The monoisotopic (exact) mass is 744 g/mol. The number of para-hydroxylation sites is 2. The molecule has 9 rings (SSSR count). The van der Waals surface area contributed by atoms with Crippen LogP contribution in [-0.4, -0.2) is 8.07 Å². The average Bonchev–Trinajstić information content (AvgIpc) is 3.49. The van der Waals surface area contributed by atoms with E-state index in [9.17, 15) is 0 Å². The van der Waals surface area contributed by atoms with Gasteiger partial charge in [-0.05, 0) is 124 Å². The molecule has 0 aromatic heterocycles. The second-order valence-corrected chi connectivity index (χ2v) is 21.1. The number of hydrogen-bond acceptors (Lipinski definition) is 2. The fraction of sp³-hybridized carbons (Fsp3) is 0.208. The third-order valence-corrected chi connectivity index (χ3v) is 16.3. The van der Waals surface area contributed by atoms with Crippen molar-refractivity contribution in [2.45, 2.75) is 70.4 Å². The van der Waals surface area contributed by atoms with Crippen LogP contribution in [0.25, 0.3) is 11.1 Å². The van der Waals surface area contributed by atoms with E-state index in [-0.39, 0.29) is 5.41 Å². The number of rotatable bonds is 9. The summed E-state index contributed by atoms with van der Waals surface area (Å²) in [4.78, 5) is 4.86. The standard InChI is InChI=1S/C53H52N2Si/c1-53(2,41-29-35-45(36-30-41)54(43-19-10-6-11-20-43)44-21-12-7-13-22-44)42-31-37-47(38-32-42)55(46-33-27-40(28-34-46)39-17-8-5-9-18-39)50-25-16-24-49-48-23-14-15-26-51(48)56(3,4)52(49)50/h6-7,10-16,19-39H,5,8-9,17-18H2,1-4H3. The predicted molar refractivity (Wildman–Crippen MR) is 242 cm³/mol. The summed E-state index contributed by atoms with van der Waals surface area (Å²) in [6.45, 7) is 9.75. The van der Waals surface area contributed by atoms with Crippen molar-refractivity contribution in [3.63, 3.8) is 0 Å². The molecule has 278 valence electrons. The Morgan fingerprint density at radius 1 is 0.446 bits per heavy atom. The van der Waals surface area contributed by atoms with Gasteiger partial charge >= 0.3 is 0 Å². The summed E-state index contributed by atoms with van der Waals surface area (Å²) in [5, 5.41) is 3.07. The first-order valence-electron chi connectivity index (χ1n) is 20.6. The summed E-state index contributed by atoms with van der Waals surface area (Å²) in [6.07, 6.45) is 6.70. The van der Waals surface area contributed by atoms with Gasteiger partial charge < -0.3 is 9.80 Å². The van der Waals surface area contributed by atoms with E-state index in [2.05, 4.69) is 213 Å². The van der Waals surface area contributed by atoms with Gasteiger partial charge in [-0.25, -0.2) is 0 Å². The van der Waals surface area contributed by atoms with Crippen LogP contribution in [0.1, 0.15) is 68.6 Å². The lowest BCUT2D eigenvalue weighted by Gasteiger charge is -2.33. The molecule has 1 heterocycles. The second kappa shape index (κ2) is 14.8. The van der Waals surface area contributed by atoms with Crippen molar-refractivity contribution in [2.24, 2.45) is 0 Å². The van der Waals surface area contributed by atoms with Gasteiger partial charge in [0.25, 0.3) is 0 Å². The minimum Gasteiger partial charge on any atom is -0.311 e. The van der Waals surface area contributed by atoms with Crippen LogP contribution in [0.2, 0.25) is 13.1 Å². The molecule has 0 amide bonds. The third-order valence-electron chi connectivity index (χ3n) is 12.7. The molecule has 2 aliphatic rings. The fourth-order valence-electron chi connectivity index (χ4n) is 9.59. The molecule has 0 N–H and O–H groups in total. The summed E-state index contributed by atoms with van der Waals surface area (Å²) in [7, 11) is -1.98. The lowest BCUT2D eigenvalue weighted by molar-refractivity contribution is 0.443. The highest BCUT2D eigenvalue weighted by Gasteiger charge is 2.40. The maximum atomic E-state index is 2.54. The third kappa shape index (κ3) is 6.48. The lowest BCUT2D eigenvalue weighted by Crippen LogP contribution is -2.50. The topological polar surface area (TPSA) is 6.48 Å². The Bertz CT molecular complexity index is 2390. The summed E-state index contributed by atoms with van der Waals surface area (Å²) in [5.41, 5.74) is 13.9. The van der Waals surface area contributed by atoms with Gasteiger partial charge in [0.1, 0.15) is 8.07 Å². The Hall–Kier alpha value is -5.64. The minimum atomic E-state index is -1.98. The van der Waals surface area contributed by atoms with E-state index in [4.69, 9.17) is 0 Å². The second-order valence-electron chi connectivity index (χ2n) is 16.9. The van der Waals surface area contributed by atoms with Crippen LogP contribution < -0.4 is 20.2 Å². The minimum absolute atomic E-state index is 0.196. The quantitative estimate of drug-likeness (QED) is 0.136. The van der Waals surface area contributed by atoms with E-state index in [1.165, 1.54) is 87.4 Å². The van der Waals surface area contributed by atoms with Crippen LogP contribution in [0.15, 0.2) is 176 Å². The zero-order valence-corrected chi connectivity index (χ0v) is 34.3. The number of hydrogen-bond donors (Lipinski definition) is 0. The molecule has 2 nitrogen and oxygen atoms in total. The summed E-state index contributed by atoms with van der Waals surface area (Å²) < 4.78 is 0. The first kappa shape index (κ1) is 36.0. The van der Waals surface area contributed by atoms with Crippen molar-refractivity contribution < 1.29 is 0 Å². The smallest absolute Gasteiger partial charge is 0.116 e. The van der Waals surface area contributed by atoms with Crippen LogP contribution in [0.4, 0.5) is 34.1 Å². The van der Waals surface area contributed by atoms with Gasteiger partial charge in [-0.1, -0.05) is 155 Å². The summed E-state index contributed by atoms with van der Waals surface area (Å²) in [6, 6.07) is 65.5. The average molecular weight is 745 g/mol.